The highest BCUT2D eigenvalue weighted by Gasteiger charge is -0.144. The monoisotopic (exact) mass is 144 g/mol. The van der Waals surface area contributed by atoms with Gasteiger partial charge in [-0.25, -0.2) is 0 Å². The minimum Gasteiger partial charge on any atom is -0.153 e. The molecule has 0 aromatic heterocycles. The predicted octanol–water partition coefficient (Wildman–Crippen LogP) is 1.57. The van der Waals surface area contributed by atoms with Crippen LogP contribution in [0.4, 0.5) is 0 Å². The maximum absolute atomic E-state index is 0. The van der Waals surface area contributed by atoms with E-state index in [1.807, 2.05) is 0 Å². The first-order valence-corrected chi connectivity index (χ1v) is 0. The summed E-state index contributed by atoms with van der Waals surface area (Å²) in [7, 11) is 0. The van der Waals surface area contributed by atoms with Gasteiger partial charge in [-0.3, -0.25) is 0 Å². The van der Waals surface area contributed by atoms with Crippen molar-refractivity contribution >= 4 is 47.1 Å². The van der Waals surface area contributed by atoms with Gasteiger partial charge < -0.3 is 0 Å². The third-order valence-corrected chi connectivity index (χ3v) is 0. The van der Waals surface area contributed by atoms with Crippen molar-refractivity contribution in [3.63, 3.8) is 0 Å². The Morgan fingerprint density at radius 2 is 0.750 bits per heavy atom. The van der Waals surface area contributed by atoms with Gasteiger partial charge in [0.1, 0.15) is 0 Å². The molecule has 0 saturated heterocycles. The molecule has 0 rings (SSSR count). The Morgan fingerprint density at radius 3 is 0.750 bits per heavy atom. The van der Waals surface area contributed by atoms with Gasteiger partial charge in [0.2, 0.25) is 0 Å². The molecule has 1 atom stereocenters. The molecule has 0 N–H and O–H groups in total. The quantitative estimate of drug-likeness (QED) is 0.454. The fraction of sp³-hybridized carbons (Fsp3) is 0. The summed E-state index contributed by atoms with van der Waals surface area (Å²) in [6, 6.07) is 0. The minimum absolute atomic E-state index is 0. The van der Waals surface area contributed by atoms with Crippen LogP contribution in [0.1, 0.15) is 1.43 Å². The molecule has 0 spiro atoms. The Morgan fingerprint density at radius 1 is 0.750 bits per heavy atom. The number of hydrogen-bond donors (Lipinski definition) is 0. The van der Waals surface area contributed by atoms with E-state index in [4.69, 9.17) is 0 Å². The molecule has 0 nitrogen and oxygen atoms in total. The molecule has 0 aliphatic rings. The minimum atomic E-state index is 0. The Balaban J connectivity index is 0. The summed E-state index contributed by atoms with van der Waals surface area (Å²) in [5.74, 6) is 0. The van der Waals surface area contributed by atoms with E-state index in [9.17, 15) is 0 Å². The van der Waals surface area contributed by atoms with Gasteiger partial charge in [-0.2, -0.15) is 9.90 Å². The van der Waals surface area contributed by atoms with Crippen LogP contribution in [0, 0.1) is 0 Å². The van der Waals surface area contributed by atoms with Crippen molar-refractivity contribution in [1.82, 2.24) is 0 Å². The van der Waals surface area contributed by atoms with Crippen LogP contribution in [-0.4, -0.2) is 0 Å². The van der Waals surface area contributed by atoms with Crippen molar-refractivity contribution in [2.45, 2.75) is 0 Å². The van der Waals surface area contributed by atoms with Gasteiger partial charge in [-0.05, 0) is 0 Å². The maximum atomic E-state index is 0. The van der Waals surface area contributed by atoms with E-state index in [-0.39, 0.29) is 48.5 Å². The van der Waals surface area contributed by atoms with Crippen LogP contribution in [-0.2, 0) is 0 Å². The summed E-state index contributed by atoms with van der Waals surface area (Å²) in [5, 5.41) is 0. The molecule has 0 amide bonds. The summed E-state index contributed by atoms with van der Waals surface area (Å²) >= 11 is 0. The Bertz CT molecular complexity index is 6.85. The Kier molecular flexibility index (Phi) is 402. The fourth-order valence-corrected chi connectivity index (χ4v) is 0. The van der Waals surface area contributed by atoms with Gasteiger partial charge >= 0.3 is 0 Å². The zero-order chi connectivity index (χ0) is 0. The molecule has 4 heteroatoms. The highest BCUT2D eigenvalue weighted by Crippen LogP contribution is 0.861. The molecule has 0 aromatic carbocycles. The van der Waals surface area contributed by atoms with Gasteiger partial charge in [0.05, 0.1) is 0 Å². The topological polar surface area (TPSA) is 0 Å². The molecule has 0 bridgehead atoms. The van der Waals surface area contributed by atoms with Crippen LogP contribution in [0.2, 0.25) is 0 Å². The molecule has 0 aliphatic heterocycles. The van der Waals surface area contributed by atoms with Crippen LogP contribution < -0.4 is 0 Å². The van der Waals surface area contributed by atoms with Crippen molar-refractivity contribution in [3.05, 3.63) is 0 Å². The third-order valence-electron chi connectivity index (χ3n) is 0. The molecule has 4 heavy (non-hydrogen) atoms. The zero-order valence-electron chi connectivity index (χ0n) is 1.93. The largest absolute Gasteiger partial charge is 0.153 e. The highest BCUT2D eigenvalue weighted by molar-refractivity contribution is 6.92. The predicted molar refractivity (Wildman–Crippen MR) is 35.0 cm³/mol. The van der Waals surface area contributed by atoms with Crippen molar-refractivity contribution in [2.24, 2.45) is 0 Å². The Hall–Kier alpha value is 1.30. The molecule has 34 valence electrons. The number of hydrogen-bond acceptors (Lipinski definition) is 0. The third kappa shape index (κ3) is 10.3. The van der Waals surface area contributed by atoms with Gasteiger partial charge in [-0.15, -0.1) is 37.2 Å². The zero-order valence-corrected chi connectivity index (χ0v) is 5.80. The second kappa shape index (κ2) is 27.7. The summed E-state index contributed by atoms with van der Waals surface area (Å²) in [6.07, 6.45) is 0. The van der Waals surface area contributed by atoms with E-state index in [0.717, 1.165) is 0 Å². The van der Waals surface area contributed by atoms with Gasteiger partial charge in [0.15, 0.2) is 0 Å². The summed E-state index contributed by atoms with van der Waals surface area (Å²) in [6.45, 7) is 0. The number of rotatable bonds is 0. The van der Waals surface area contributed by atoms with Crippen LogP contribution in [0.25, 0.3) is 0 Å². The lowest BCUT2D eigenvalue weighted by Gasteiger charge is -0.154. The van der Waals surface area contributed by atoms with Gasteiger partial charge in [-0.1, -0.05) is 0 Å². The molecule has 0 aromatic rings. The second-order valence-corrected chi connectivity index (χ2v) is 0. The molecular formula is H8Cl3P. The first-order valence-electron chi connectivity index (χ1n) is 0. The molecular weight excluding hydrogens is 137 g/mol. The maximum Gasteiger partial charge on any atom is 0 e. The second-order valence-electron chi connectivity index (χ2n) is 0. The molecule has 0 aliphatic carbocycles. The van der Waals surface area contributed by atoms with Crippen LogP contribution >= 0.6 is 47.1 Å². The van der Waals surface area contributed by atoms with E-state index in [2.05, 4.69) is 0 Å². The van der Waals surface area contributed by atoms with E-state index < -0.39 is 0 Å². The molecule has 0 heterocycles. The summed E-state index contributed by atoms with van der Waals surface area (Å²) < 4.78 is 0. The lowest BCUT2D eigenvalue weighted by molar-refractivity contribution is 5.85. The van der Waals surface area contributed by atoms with E-state index in [0.29, 0.717) is 0 Å². The van der Waals surface area contributed by atoms with Crippen molar-refractivity contribution in [1.29, 1.82) is 0 Å². The highest BCUT2D eigenvalue weighted by atomic mass is 35.5. The first kappa shape index (κ1) is 58.0. The van der Waals surface area contributed by atoms with E-state index in [1.54, 1.807) is 0 Å². The van der Waals surface area contributed by atoms with Crippen molar-refractivity contribution in [2.75, 3.05) is 0 Å². The smallest absolute Gasteiger partial charge is 0 e. The normalized spacial score (nSPS) is 0. The lowest BCUT2D eigenvalue weighted by Crippen LogP contribution is 0.689. The van der Waals surface area contributed by atoms with Crippen LogP contribution in [0.5, 0.6) is 0 Å². The molecule has 0 radical (unpaired) electrons. The number of halogens is 3. The molecule has 0 saturated carbocycles. The Labute approximate surface area is 49.1 Å². The molecule has 0 fully saturated rings. The average Bonchev–Trinajstić information content (AvgIpc) is 0. The average molecular weight is 145 g/mol. The first-order chi connectivity index (χ1) is 0. The van der Waals surface area contributed by atoms with Crippen molar-refractivity contribution < 1.29 is 1.43 Å². The van der Waals surface area contributed by atoms with Crippen molar-refractivity contribution in [3.8, 4) is 0 Å². The molecule has 1 unspecified atom stereocenters. The summed E-state index contributed by atoms with van der Waals surface area (Å²) in [5.41, 5.74) is 0. The lowest BCUT2D eigenvalue weighted by atomic mass is 31.0. The van der Waals surface area contributed by atoms with E-state index in [1.165, 1.54) is 0 Å². The van der Waals surface area contributed by atoms with Gasteiger partial charge in [0.25, 0.3) is 0 Å². The van der Waals surface area contributed by atoms with E-state index >= 15 is 0 Å². The van der Waals surface area contributed by atoms with Crippen LogP contribution in [0.15, 0.2) is 0 Å². The SMILES string of the molecule is Cl.Cl.Cl.P.[HH]. The fourth-order valence-electron chi connectivity index (χ4n) is 0. The standard InChI is InChI=1S/3ClH.H3P.H2/h3*1H;1H3;1H. The van der Waals surface area contributed by atoms with Gasteiger partial charge in [0, 0.05) is 1.43 Å². The summed E-state index contributed by atoms with van der Waals surface area (Å²) in [4.78, 5) is 0. The van der Waals surface area contributed by atoms with Crippen LogP contribution in [0.3, 0.4) is 0 Å².